The van der Waals surface area contributed by atoms with Gasteiger partial charge in [0.15, 0.2) is 10.0 Å². The molecule has 5 nitrogen and oxygen atoms in total. The molecule has 2 heterocycles. The van der Waals surface area contributed by atoms with Crippen molar-refractivity contribution < 1.29 is 19.0 Å². The van der Waals surface area contributed by atoms with Crippen molar-refractivity contribution in [2.45, 2.75) is 18.9 Å². The largest absolute Gasteiger partial charge is 0.485 e. The van der Waals surface area contributed by atoms with Crippen LogP contribution in [0.4, 0.5) is 0 Å². The van der Waals surface area contributed by atoms with Crippen molar-refractivity contribution in [1.29, 1.82) is 0 Å². The number of ether oxygens (including phenoxy) is 3. The maximum Gasteiger partial charge on any atom is 0.351 e. The lowest BCUT2D eigenvalue weighted by atomic mass is 9.97. The average molecular weight is 402 g/mol. The lowest BCUT2D eigenvalue weighted by Gasteiger charge is -2.26. The second-order valence-electron chi connectivity index (χ2n) is 6.02. The normalized spacial score (nSPS) is 15.6. The zero-order chi connectivity index (χ0) is 18.8. The highest BCUT2D eigenvalue weighted by atomic mass is 35.5. The summed E-state index contributed by atoms with van der Waals surface area (Å²) in [7, 11) is 1.30. The van der Waals surface area contributed by atoms with Gasteiger partial charge >= 0.3 is 5.97 Å². The van der Waals surface area contributed by atoms with Crippen LogP contribution < -0.4 is 9.47 Å². The van der Waals surface area contributed by atoms with Crippen LogP contribution in [0.1, 0.15) is 33.3 Å². The molecule has 2 aromatic carbocycles. The van der Waals surface area contributed by atoms with Crippen LogP contribution in [0.3, 0.4) is 0 Å². The SMILES string of the molecule is COC(=O)c1sc(Oc2ccc3c(c2)CCC(c2ccccc2)O3)nc1Cl. The van der Waals surface area contributed by atoms with Crippen LogP contribution in [0.25, 0.3) is 0 Å². The first-order valence-electron chi connectivity index (χ1n) is 8.41. The van der Waals surface area contributed by atoms with E-state index in [4.69, 9.17) is 21.1 Å². The van der Waals surface area contributed by atoms with Gasteiger partial charge in [0.05, 0.1) is 7.11 Å². The van der Waals surface area contributed by atoms with Gasteiger partial charge in [0, 0.05) is 0 Å². The van der Waals surface area contributed by atoms with Gasteiger partial charge in [0.2, 0.25) is 0 Å². The third-order valence-electron chi connectivity index (χ3n) is 4.29. The van der Waals surface area contributed by atoms with Crippen LogP contribution in [0.2, 0.25) is 5.15 Å². The smallest absolute Gasteiger partial charge is 0.351 e. The Morgan fingerprint density at radius 2 is 2.07 bits per heavy atom. The molecule has 0 saturated heterocycles. The van der Waals surface area contributed by atoms with E-state index in [9.17, 15) is 4.79 Å². The number of fused-ring (bicyclic) bond motifs is 1. The van der Waals surface area contributed by atoms with E-state index in [1.54, 1.807) is 0 Å². The highest BCUT2D eigenvalue weighted by Crippen LogP contribution is 2.38. The van der Waals surface area contributed by atoms with Crippen LogP contribution in [0.5, 0.6) is 16.7 Å². The number of nitrogens with zero attached hydrogens (tertiary/aromatic N) is 1. The molecule has 0 aliphatic carbocycles. The van der Waals surface area contributed by atoms with E-state index in [0.29, 0.717) is 10.9 Å². The average Bonchev–Trinajstić information content (AvgIpc) is 3.07. The molecule has 0 radical (unpaired) electrons. The minimum atomic E-state index is -0.529. The first-order chi connectivity index (χ1) is 13.1. The Morgan fingerprint density at radius 3 is 2.85 bits per heavy atom. The minimum Gasteiger partial charge on any atom is -0.485 e. The van der Waals surface area contributed by atoms with Gasteiger partial charge in [-0.2, -0.15) is 4.98 Å². The number of methoxy groups -OCH3 is 1. The molecule has 27 heavy (non-hydrogen) atoms. The zero-order valence-corrected chi connectivity index (χ0v) is 16.0. The number of hydrogen-bond acceptors (Lipinski definition) is 6. The Hall–Kier alpha value is -2.57. The third-order valence-corrected chi connectivity index (χ3v) is 5.59. The number of hydrogen-bond donors (Lipinski definition) is 0. The molecule has 0 fully saturated rings. The molecule has 0 saturated carbocycles. The number of carbonyl (C=O) groups excluding carboxylic acids is 1. The Morgan fingerprint density at radius 1 is 1.26 bits per heavy atom. The topological polar surface area (TPSA) is 57.7 Å². The Bertz CT molecular complexity index is 973. The van der Waals surface area contributed by atoms with Crippen LogP contribution in [0.15, 0.2) is 48.5 Å². The van der Waals surface area contributed by atoms with Crippen molar-refractivity contribution in [3.05, 3.63) is 69.7 Å². The van der Waals surface area contributed by atoms with Gasteiger partial charge in [-0.3, -0.25) is 0 Å². The molecule has 7 heteroatoms. The summed E-state index contributed by atoms with van der Waals surface area (Å²) < 4.78 is 16.6. The van der Waals surface area contributed by atoms with Crippen molar-refractivity contribution in [2.75, 3.05) is 7.11 Å². The number of thiazole rings is 1. The first-order valence-corrected chi connectivity index (χ1v) is 9.60. The number of esters is 1. The molecule has 1 aliphatic heterocycles. The molecular formula is C20H16ClNO4S. The predicted octanol–water partition coefficient (Wildman–Crippen LogP) is 5.44. The van der Waals surface area contributed by atoms with E-state index >= 15 is 0 Å². The number of halogens is 1. The molecule has 4 rings (SSSR count). The molecule has 0 bridgehead atoms. The van der Waals surface area contributed by atoms with Crippen molar-refractivity contribution in [3.8, 4) is 16.7 Å². The fourth-order valence-electron chi connectivity index (χ4n) is 2.98. The zero-order valence-electron chi connectivity index (χ0n) is 14.5. The molecule has 1 unspecified atom stereocenters. The van der Waals surface area contributed by atoms with Crippen LogP contribution in [0, 0.1) is 0 Å². The monoisotopic (exact) mass is 401 g/mol. The summed E-state index contributed by atoms with van der Waals surface area (Å²) in [5.41, 5.74) is 2.26. The summed E-state index contributed by atoms with van der Waals surface area (Å²) in [5.74, 6) is 0.949. The minimum absolute atomic E-state index is 0.0610. The highest BCUT2D eigenvalue weighted by Gasteiger charge is 2.22. The maximum atomic E-state index is 11.6. The van der Waals surface area contributed by atoms with Crippen molar-refractivity contribution in [1.82, 2.24) is 4.98 Å². The van der Waals surface area contributed by atoms with Crippen molar-refractivity contribution in [2.24, 2.45) is 0 Å². The second kappa shape index (κ2) is 7.58. The fraction of sp³-hybridized carbons (Fsp3) is 0.200. The number of rotatable bonds is 4. The molecule has 1 aromatic heterocycles. The summed E-state index contributed by atoms with van der Waals surface area (Å²) in [4.78, 5) is 15.9. The first kappa shape index (κ1) is 17.8. The van der Waals surface area contributed by atoms with Gasteiger partial charge in [-0.25, -0.2) is 4.79 Å². The lowest BCUT2D eigenvalue weighted by molar-refractivity contribution is 0.0606. The van der Waals surface area contributed by atoms with Gasteiger partial charge < -0.3 is 14.2 Å². The van der Waals surface area contributed by atoms with E-state index in [1.807, 2.05) is 36.4 Å². The van der Waals surface area contributed by atoms with Gasteiger partial charge in [-0.1, -0.05) is 53.3 Å². The van der Waals surface area contributed by atoms with E-state index < -0.39 is 5.97 Å². The van der Waals surface area contributed by atoms with Crippen molar-refractivity contribution in [3.63, 3.8) is 0 Å². The molecule has 1 aliphatic rings. The standard InChI is InChI=1S/C20H16ClNO4S/c1-24-19(23)17-18(21)22-20(27-17)25-14-8-10-16-13(11-14)7-9-15(26-16)12-5-3-2-4-6-12/h2-6,8,10-11,15H,7,9H2,1H3. The lowest BCUT2D eigenvalue weighted by Crippen LogP contribution is -2.15. The van der Waals surface area contributed by atoms with Gasteiger partial charge in [0.25, 0.3) is 5.19 Å². The van der Waals surface area contributed by atoms with E-state index in [1.165, 1.54) is 12.7 Å². The number of aromatic nitrogens is 1. The third kappa shape index (κ3) is 3.77. The van der Waals surface area contributed by atoms with Gasteiger partial charge in [-0.05, 0) is 42.2 Å². The number of benzene rings is 2. The quantitative estimate of drug-likeness (QED) is 0.544. The van der Waals surface area contributed by atoms with Crippen LogP contribution in [-0.4, -0.2) is 18.1 Å². The summed E-state index contributed by atoms with van der Waals surface area (Å²) in [6.07, 6.45) is 1.85. The fourth-order valence-corrected chi connectivity index (χ4v) is 4.04. The Kier molecular flexibility index (Phi) is 5.01. The molecule has 3 aromatic rings. The number of carbonyl (C=O) groups is 1. The molecule has 0 spiro atoms. The molecule has 0 N–H and O–H groups in total. The van der Waals surface area contributed by atoms with Crippen LogP contribution >= 0.6 is 22.9 Å². The van der Waals surface area contributed by atoms with Crippen molar-refractivity contribution >= 4 is 28.9 Å². The van der Waals surface area contributed by atoms with E-state index in [-0.39, 0.29) is 16.1 Å². The Labute approximate surface area is 165 Å². The summed E-state index contributed by atoms with van der Waals surface area (Å²) in [5, 5.41) is 0.369. The highest BCUT2D eigenvalue weighted by molar-refractivity contribution is 7.15. The predicted molar refractivity (Wildman–Crippen MR) is 103 cm³/mol. The molecular weight excluding hydrogens is 386 g/mol. The van der Waals surface area contributed by atoms with Crippen LogP contribution in [-0.2, 0) is 11.2 Å². The summed E-state index contributed by atoms with van der Waals surface area (Å²) >= 11 is 7.02. The molecule has 138 valence electrons. The van der Waals surface area contributed by atoms with Gasteiger partial charge in [-0.15, -0.1) is 0 Å². The Balaban J connectivity index is 1.50. The number of aryl methyl sites for hydroxylation is 1. The van der Waals surface area contributed by atoms with E-state index in [2.05, 4.69) is 21.9 Å². The summed E-state index contributed by atoms with van der Waals surface area (Å²) in [6.45, 7) is 0. The second-order valence-corrected chi connectivity index (χ2v) is 7.34. The molecule has 0 amide bonds. The van der Waals surface area contributed by atoms with Gasteiger partial charge in [0.1, 0.15) is 17.6 Å². The maximum absolute atomic E-state index is 11.6. The van der Waals surface area contributed by atoms with E-state index in [0.717, 1.165) is 35.5 Å². The summed E-state index contributed by atoms with van der Waals surface area (Å²) in [6, 6.07) is 15.9. The molecule has 1 atom stereocenters.